The Bertz CT molecular complexity index is 285. The standard InChI is InChI=1S/C13H21NO/c1-4-12(9-15)8-14-13-10(2)6-5-7-11(13)3/h5-7,12,14-15H,4,8-9H2,1-3H3. The van der Waals surface area contributed by atoms with Crippen LogP contribution < -0.4 is 5.32 Å². The lowest BCUT2D eigenvalue weighted by atomic mass is 10.1. The van der Waals surface area contributed by atoms with Gasteiger partial charge >= 0.3 is 0 Å². The summed E-state index contributed by atoms with van der Waals surface area (Å²) in [6.45, 7) is 7.42. The number of aliphatic hydroxyl groups excluding tert-OH is 1. The van der Waals surface area contributed by atoms with E-state index in [9.17, 15) is 0 Å². The molecule has 0 aliphatic heterocycles. The molecule has 0 heterocycles. The third-order valence-electron chi connectivity index (χ3n) is 2.88. The maximum Gasteiger partial charge on any atom is 0.0475 e. The van der Waals surface area contributed by atoms with E-state index in [2.05, 4.69) is 44.3 Å². The lowest BCUT2D eigenvalue weighted by molar-refractivity contribution is 0.230. The molecule has 0 radical (unpaired) electrons. The van der Waals surface area contributed by atoms with Crippen LogP contribution in [0.4, 0.5) is 5.69 Å². The van der Waals surface area contributed by atoms with E-state index in [0.717, 1.165) is 13.0 Å². The lowest BCUT2D eigenvalue weighted by Crippen LogP contribution is -2.17. The molecule has 1 rings (SSSR count). The molecule has 0 saturated heterocycles. The van der Waals surface area contributed by atoms with Gasteiger partial charge < -0.3 is 10.4 Å². The number of nitrogens with one attached hydrogen (secondary N) is 1. The zero-order valence-electron chi connectivity index (χ0n) is 9.88. The molecular weight excluding hydrogens is 186 g/mol. The van der Waals surface area contributed by atoms with Crippen molar-refractivity contribution in [2.75, 3.05) is 18.5 Å². The first-order valence-corrected chi connectivity index (χ1v) is 5.60. The predicted octanol–water partition coefficient (Wildman–Crippen LogP) is 2.73. The lowest BCUT2D eigenvalue weighted by Gasteiger charge is -2.17. The van der Waals surface area contributed by atoms with Crippen LogP contribution in [-0.2, 0) is 0 Å². The summed E-state index contributed by atoms with van der Waals surface area (Å²) in [4.78, 5) is 0. The van der Waals surface area contributed by atoms with Gasteiger partial charge in [-0.1, -0.05) is 25.1 Å². The fourth-order valence-corrected chi connectivity index (χ4v) is 1.68. The van der Waals surface area contributed by atoms with Gasteiger partial charge in [0, 0.05) is 18.8 Å². The van der Waals surface area contributed by atoms with Gasteiger partial charge in [-0.05, 0) is 37.3 Å². The number of aryl methyl sites for hydroxylation is 2. The van der Waals surface area contributed by atoms with E-state index in [1.807, 2.05) is 0 Å². The van der Waals surface area contributed by atoms with Gasteiger partial charge in [0.05, 0.1) is 0 Å². The molecule has 84 valence electrons. The van der Waals surface area contributed by atoms with Crippen LogP contribution in [0, 0.1) is 19.8 Å². The van der Waals surface area contributed by atoms with Crippen molar-refractivity contribution < 1.29 is 5.11 Å². The van der Waals surface area contributed by atoms with Crippen LogP contribution in [-0.4, -0.2) is 18.3 Å². The van der Waals surface area contributed by atoms with E-state index in [0.29, 0.717) is 5.92 Å². The Balaban J connectivity index is 2.64. The number of rotatable bonds is 5. The monoisotopic (exact) mass is 207 g/mol. The molecule has 0 amide bonds. The molecular formula is C13H21NO. The highest BCUT2D eigenvalue weighted by Crippen LogP contribution is 2.19. The highest BCUT2D eigenvalue weighted by atomic mass is 16.3. The molecule has 0 bridgehead atoms. The fourth-order valence-electron chi connectivity index (χ4n) is 1.68. The Kier molecular flexibility index (Phi) is 4.63. The summed E-state index contributed by atoms with van der Waals surface area (Å²) in [6.07, 6.45) is 1.01. The Morgan fingerprint density at radius 3 is 2.33 bits per heavy atom. The van der Waals surface area contributed by atoms with Crippen molar-refractivity contribution >= 4 is 5.69 Å². The third kappa shape index (κ3) is 3.24. The average Bonchev–Trinajstić information content (AvgIpc) is 2.23. The van der Waals surface area contributed by atoms with Crippen LogP contribution in [0.25, 0.3) is 0 Å². The number of anilines is 1. The maximum absolute atomic E-state index is 9.10. The molecule has 0 saturated carbocycles. The second-order valence-electron chi connectivity index (χ2n) is 4.10. The van der Waals surface area contributed by atoms with Gasteiger partial charge in [0.15, 0.2) is 0 Å². The molecule has 1 unspecified atom stereocenters. The smallest absolute Gasteiger partial charge is 0.0475 e. The molecule has 0 spiro atoms. The summed E-state index contributed by atoms with van der Waals surface area (Å²) in [5.41, 5.74) is 3.75. The first-order chi connectivity index (χ1) is 7.19. The van der Waals surface area contributed by atoms with E-state index in [1.165, 1.54) is 16.8 Å². The molecule has 1 aromatic carbocycles. The van der Waals surface area contributed by atoms with Gasteiger partial charge in [-0.15, -0.1) is 0 Å². The first kappa shape index (κ1) is 12.1. The Labute approximate surface area is 92.3 Å². The molecule has 0 aromatic heterocycles. The predicted molar refractivity (Wildman–Crippen MR) is 65.3 cm³/mol. The van der Waals surface area contributed by atoms with Crippen molar-refractivity contribution in [1.82, 2.24) is 0 Å². The van der Waals surface area contributed by atoms with Gasteiger partial charge in [-0.3, -0.25) is 0 Å². The normalized spacial score (nSPS) is 12.5. The van der Waals surface area contributed by atoms with Crippen LogP contribution >= 0.6 is 0 Å². The van der Waals surface area contributed by atoms with Crippen LogP contribution in [0.1, 0.15) is 24.5 Å². The minimum absolute atomic E-state index is 0.258. The summed E-state index contributed by atoms with van der Waals surface area (Å²) in [6, 6.07) is 6.28. The largest absolute Gasteiger partial charge is 0.396 e. The number of aliphatic hydroxyl groups is 1. The van der Waals surface area contributed by atoms with Crippen LogP contribution in [0.3, 0.4) is 0 Å². The second kappa shape index (κ2) is 5.76. The van der Waals surface area contributed by atoms with Gasteiger partial charge in [0.25, 0.3) is 0 Å². The zero-order valence-corrected chi connectivity index (χ0v) is 9.88. The highest BCUT2D eigenvalue weighted by Gasteiger charge is 2.06. The quantitative estimate of drug-likeness (QED) is 0.778. The van der Waals surface area contributed by atoms with Crippen molar-refractivity contribution in [3.63, 3.8) is 0 Å². The molecule has 15 heavy (non-hydrogen) atoms. The minimum Gasteiger partial charge on any atom is -0.396 e. The number of benzene rings is 1. The molecule has 1 aromatic rings. The molecule has 2 nitrogen and oxygen atoms in total. The fraction of sp³-hybridized carbons (Fsp3) is 0.538. The van der Waals surface area contributed by atoms with E-state index in [1.54, 1.807) is 0 Å². The van der Waals surface area contributed by atoms with Gasteiger partial charge in [-0.25, -0.2) is 0 Å². The summed E-state index contributed by atoms with van der Waals surface area (Å²) >= 11 is 0. The first-order valence-electron chi connectivity index (χ1n) is 5.60. The molecule has 2 heteroatoms. The molecule has 2 N–H and O–H groups in total. The van der Waals surface area contributed by atoms with E-state index >= 15 is 0 Å². The van der Waals surface area contributed by atoms with Crippen molar-refractivity contribution in [3.05, 3.63) is 29.3 Å². The van der Waals surface area contributed by atoms with Crippen LogP contribution in [0.2, 0.25) is 0 Å². The second-order valence-corrected chi connectivity index (χ2v) is 4.10. The van der Waals surface area contributed by atoms with Crippen molar-refractivity contribution in [1.29, 1.82) is 0 Å². The van der Waals surface area contributed by atoms with Crippen molar-refractivity contribution in [2.24, 2.45) is 5.92 Å². The van der Waals surface area contributed by atoms with E-state index in [-0.39, 0.29) is 6.61 Å². The number of hydrogen-bond donors (Lipinski definition) is 2. The average molecular weight is 207 g/mol. The molecule has 0 fully saturated rings. The summed E-state index contributed by atoms with van der Waals surface area (Å²) in [5.74, 6) is 0.351. The molecule has 0 aliphatic carbocycles. The van der Waals surface area contributed by atoms with Crippen molar-refractivity contribution in [3.8, 4) is 0 Å². The summed E-state index contributed by atoms with van der Waals surface area (Å²) in [5, 5.41) is 12.5. The van der Waals surface area contributed by atoms with Gasteiger partial charge in [0.2, 0.25) is 0 Å². The van der Waals surface area contributed by atoms with Gasteiger partial charge in [0.1, 0.15) is 0 Å². The summed E-state index contributed by atoms with van der Waals surface area (Å²) < 4.78 is 0. The van der Waals surface area contributed by atoms with Gasteiger partial charge in [-0.2, -0.15) is 0 Å². The summed E-state index contributed by atoms with van der Waals surface area (Å²) in [7, 11) is 0. The topological polar surface area (TPSA) is 32.3 Å². The molecule has 0 aliphatic rings. The Morgan fingerprint density at radius 2 is 1.87 bits per heavy atom. The Morgan fingerprint density at radius 1 is 1.27 bits per heavy atom. The van der Waals surface area contributed by atoms with Crippen LogP contribution in [0.5, 0.6) is 0 Å². The highest BCUT2D eigenvalue weighted by molar-refractivity contribution is 5.56. The maximum atomic E-state index is 9.10. The van der Waals surface area contributed by atoms with Crippen molar-refractivity contribution in [2.45, 2.75) is 27.2 Å². The Hall–Kier alpha value is -1.02. The number of hydrogen-bond acceptors (Lipinski definition) is 2. The van der Waals surface area contributed by atoms with Crippen LogP contribution in [0.15, 0.2) is 18.2 Å². The number of para-hydroxylation sites is 1. The van der Waals surface area contributed by atoms with E-state index in [4.69, 9.17) is 5.11 Å². The zero-order chi connectivity index (χ0) is 11.3. The SMILES string of the molecule is CCC(CO)CNc1c(C)cccc1C. The third-order valence-corrected chi connectivity index (χ3v) is 2.88. The van der Waals surface area contributed by atoms with E-state index < -0.39 is 0 Å². The minimum atomic E-state index is 0.258. The molecule has 1 atom stereocenters.